The molecule has 1 aromatic heterocycles. The van der Waals surface area contributed by atoms with Gasteiger partial charge in [-0.05, 0) is 68.3 Å². The summed E-state index contributed by atoms with van der Waals surface area (Å²) >= 11 is 1.13. The minimum atomic E-state index is -5.28. The summed E-state index contributed by atoms with van der Waals surface area (Å²) in [4.78, 5) is 24.5. The molecule has 1 aliphatic rings. The van der Waals surface area contributed by atoms with Gasteiger partial charge in [-0.1, -0.05) is 36.5 Å². The maximum absolute atomic E-state index is 13.7. The van der Waals surface area contributed by atoms with Crippen LogP contribution in [0.25, 0.3) is 21.1 Å². The van der Waals surface area contributed by atoms with Crippen molar-refractivity contribution in [3.8, 4) is 26.9 Å². The van der Waals surface area contributed by atoms with Gasteiger partial charge in [-0.3, -0.25) is 0 Å². The van der Waals surface area contributed by atoms with Gasteiger partial charge in [0.05, 0.1) is 11.7 Å². The minimum absolute atomic E-state index is 0.239. The van der Waals surface area contributed by atoms with Crippen LogP contribution in [-0.2, 0) is 33.3 Å². The lowest BCUT2D eigenvalue weighted by molar-refractivity contribution is -0.203. The van der Waals surface area contributed by atoms with Gasteiger partial charge in [0.1, 0.15) is 21.8 Å². The Labute approximate surface area is 240 Å². The van der Waals surface area contributed by atoms with E-state index in [1.54, 1.807) is 19.9 Å². The van der Waals surface area contributed by atoms with Crippen LogP contribution in [0.1, 0.15) is 37.5 Å². The van der Waals surface area contributed by atoms with E-state index < -0.39 is 42.0 Å². The topological polar surface area (TPSA) is 81.6 Å². The normalized spacial score (nSPS) is 15.1. The first-order valence-electron chi connectivity index (χ1n) is 12.8. The molecule has 1 aliphatic heterocycles. The maximum atomic E-state index is 13.7. The van der Waals surface area contributed by atoms with Gasteiger partial charge in [0.25, 0.3) is 0 Å². The lowest BCUT2D eigenvalue weighted by Gasteiger charge is -2.33. The predicted molar refractivity (Wildman–Crippen MR) is 141 cm³/mol. The number of hydrogen-bond donors (Lipinski definition) is 0. The molecule has 0 saturated carbocycles. The third-order valence-electron chi connectivity index (χ3n) is 6.30. The minimum Gasteiger partial charge on any atom is -0.490 e. The number of halogens is 6. The number of rotatable bonds is 9. The molecule has 4 rings (SSSR count). The first kappa shape index (κ1) is 31.0. The Morgan fingerprint density at radius 1 is 1.05 bits per heavy atom. The van der Waals surface area contributed by atoms with Crippen molar-refractivity contribution in [3.63, 3.8) is 0 Å². The van der Waals surface area contributed by atoms with Crippen molar-refractivity contribution >= 4 is 23.3 Å². The summed E-state index contributed by atoms with van der Waals surface area (Å²) in [6.45, 7) is 5.44. The highest BCUT2D eigenvalue weighted by molar-refractivity contribution is 7.17. The smallest absolute Gasteiger partial charge is 0.490 e. The molecular weight excluding hydrogens is 588 g/mol. The predicted octanol–water partition coefficient (Wildman–Crippen LogP) is 6.61. The van der Waals surface area contributed by atoms with Crippen LogP contribution in [0.3, 0.4) is 0 Å². The Morgan fingerprint density at radius 2 is 1.76 bits per heavy atom. The van der Waals surface area contributed by atoms with E-state index in [0.29, 0.717) is 22.9 Å². The Morgan fingerprint density at radius 3 is 2.36 bits per heavy atom. The Hall–Kier alpha value is -3.94. The van der Waals surface area contributed by atoms with Crippen LogP contribution in [0.2, 0.25) is 0 Å². The fraction of sp³-hybridized carbons (Fsp3) is 0.357. The largest absolute Gasteiger partial charge is 0.491 e. The zero-order chi connectivity index (χ0) is 30.8. The summed E-state index contributed by atoms with van der Waals surface area (Å²) in [6, 6.07) is 8.10. The number of hydrogen-bond acceptors (Lipinski definition) is 8. The van der Waals surface area contributed by atoms with Gasteiger partial charge in [0.15, 0.2) is 0 Å². The van der Waals surface area contributed by atoms with Crippen LogP contribution in [-0.4, -0.2) is 51.9 Å². The van der Waals surface area contributed by atoms with Gasteiger partial charge in [-0.2, -0.15) is 26.3 Å². The Bertz CT molecular complexity index is 1500. The van der Waals surface area contributed by atoms with Crippen LogP contribution in [0.15, 0.2) is 48.7 Å². The fourth-order valence-corrected chi connectivity index (χ4v) is 5.25. The molecule has 224 valence electrons. The van der Waals surface area contributed by atoms with Gasteiger partial charge in [0, 0.05) is 17.7 Å². The van der Waals surface area contributed by atoms with E-state index in [9.17, 15) is 35.9 Å². The summed E-state index contributed by atoms with van der Waals surface area (Å²) in [5.74, 6) is -4.16. The molecule has 0 amide bonds. The fourth-order valence-electron chi connectivity index (χ4n) is 4.36. The molecular formula is C28H25F6N3O4S. The molecule has 0 saturated heterocycles. The van der Waals surface area contributed by atoms with Gasteiger partial charge in [0.2, 0.25) is 0 Å². The van der Waals surface area contributed by atoms with E-state index in [1.165, 1.54) is 29.3 Å². The number of alkyl halides is 6. The van der Waals surface area contributed by atoms with E-state index in [0.717, 1.165) is 34.1 Å². The van der Waals surface area contributed by atoms with E-state index >= 15 is 0 Å². The van der Waals surface area contributed by atoms with Crippen molar-refractivity contribution in [3.05, 3.63) is 65.4 Å². The van der Waals surface area contributed by atoms with E-state index in [4.69, 9.17) is 4.74 Å². The van der Waals surface area contributed by atoms with Crippen molar-refractivity contribution in [2.45, 2.75) is 58.1 Å². The number of nitrogens with zero attached hydrogens (tertiary/aromatic N) is 3. The van der Waals surface area contributed by atoms with E-state index in [-0.39, 0.29) is 17.9 Å². The highest BCUT2D eigenvalue weighted by atomic mass is 32.1. The molecule has 0 N–H and O–H groups in total. The molecule has 0 radical (unpaired) electrons. The second kappa shape index (κ2) is 12.1. The summed E-state index contributed by atoms with van der Waals surface area (Å²) in [5, 5.41) is 9.15. The molecule has 0 fully saturated rings. The Balaban J connectivity index is 1.52. The molecule has 2 heterocycles. The lowest BCUT2D eigenvalue weighted by atomic mass is 9.96. The number of carbonyl (C=O) groups excluding carboxylic acids is 2. The quantitative estimate of drug-likeness (QED) is 0.153. The molecule has 0 aliphatic carbocycles. The molecule has 14 heteroatoms. The van der Waals surface area contributed by atoms with Gasteiger partial charge < -0.3 is 14.4 Å². The van der Waals surface area contributed by atoms with Crippen LogP contribution in [0, 0.1) is 0 Å². The molecule has 3 aromatic rings. The first-order chi connectivity index (χ1) is 19.7. The summed E-state index contributed by atoms with van der Waals surface area (Å²) in [5.41, 5.74) is 1.84. The molecule has 42 heavy (non-hydrogen) atoms. The highest BCUT2D eigenvalue weighted by Crippen LogP contribution is 2.41. The van der Waals surface area contributed by atoms with Crippen LogP contribution < -0.4 is 4.74 Å². The van der Waals surface area contributed by atoms with Crippen LogP contribution in [0.4, 0.5) is 26.3 Å². The van der Waals surface area contributed by atoms with Gasteiger partial charge in [-0.15, -0.1) is 10.2 Å². The Kier molecular flexibility index (Phi) is 8.95. The zero-order valence-corrected chi connectivity index (χ0v) is 23.4. The third kappa shape index (κ3) is 6.92. The zero-order valence-electron chi connectivity index (χ0n) is 22.5. The molecule has 7 nitrogen and oxygen atoms in total. The first-order valence-corrected chi connectivity index (χ1v) is 13.6. The summed E-state index contributed by atoms with van der Waals surface area (Å²) < 4.78 is 87.7. The molecule has 1 atom stereocenters. The van der Waals surface area contributed by atoms with Gasteiger partial charge in [-0.25, -0.2) is 9.59 Å². The number of ether oxygens (including phenoxy) is 2. The monoisotopic (exact) mass is 613 g/mol. The summed E-state index contributed by atoms with van der Waals surface area (Å²) in [6.07, 6.45) is -6.54. The van der Waals surface area contributed by atoms with E-state index in [2.05, 4.69) is 14.9 Å². The number of carbonyl (C=O) groups is 2. The van der Waals surface area contributed by atoms with Crippen molar-refractivity contribution in [1.82, 2.24) is 15.1 Å². The number of aromatic nitrogens is 2. The second-order valence-corrected chi connectivity index (χ2v) is 10.5. The lowest BCUT2D eigenvalue weighted by Crippen LogP contribution is -2.46. The molecule has 0 bridgehead atoms. The van der Waals surface area contributed by atoms with Gasteiger partial charge >= 0.3 is 24.3 Å². The maximum Gasteiger partial charge on any atom is 0.491 e. The van der Waals surface area contributed by atoms with E-state index in [1.807, 2.05) is 19.1 Å². The highest BCUT2D eigenvalue weighted by Gasteiger charge is 2.44. The SMILES string of the molecule is CCc1c(CCN2C=CC2C(=O)OC(=O)C(F)(F)F)cccc1-c1nnc(-c2ccc(OC(C)C)c(C(F)(F)F)c2)s1. The average molecular weight is 614 g/mol. The molecule has 0 spiro atoms. The number of esters is 2. The average Bonchev–Trinajstić information content (AvgIpc) is 3.36. The van der Waals surface area contributed by atoms with Crippen molar-refractivity contribution < 1.29 is 45.4 Å². The third-order valence-corrected chi connectivity index (χ3v) is 7.30. The van der Waals surface area contributed by atoms with Crippen molar-refractivity contribution in [2.75, 3.05) is 6.54 Å². The van der Waals surface area contributed by atoms with Crippen LogP contribution >= 0.6 is 11.3 Å². The van der Waals surface area contributed by atoms with Crippen molar-refractivity contribution in [2.24, 2.45) is 0 Å². The molecule has 2 aromatic carbocycles. The summed E-state index contributed by atoms with van der Waals surface area (Å²) in [7, 11) is 0. The van der Waals surface area contributed by atoms with Crippen molar-refractivity contribution in [1.29, 1.82) is 0 Å². The molecule has 1 unspecified atom stereocenters. The number of benzene rings is 2. The second-order valence-electron chi connectivity index (χ2n) is 9.56. The standard InChI is InChI=1S/C28H25F6N3O4S/c1-4-18-16(10-12-37-13-11-21(37)25(38)41-26(39)28(32,33)34)6-5-7-19(18)24-36-35-23(42-24)17-8-9-22(40-15(2)3)20(14-17)27(29,30)31/h5-9,11,13-15,21H,4,10,12H2,1-3H3. The van der Waals surface area contributed by atoms with Crippen LogP contribution in [0.5, 0.6) is 5.75 Å².